The van der Waals surface area contributed by atoms with Crippen LogP contribution in [0, 0.1) is 11.3 Å². The van der Waals surface area contributed by atoms with Crippen LogP contribution in [0.4, 0.5) is 11.4 Å². The number of hydrogen-bond donors (Lipinski definition) is 3. The predicted molar refractivity (Wildman–Crippen MR) is 86.2 cm³/mol. The number of H-pyrrole nitrogens is 1. The van der Waals surface area contributed by atoms with Crippen LogP contribution >= 0.6 is 0 Å². The highest BCUT2D eigenvalue weighted by molar-refractivity contribution is 6.02. The lowest BCUT2D eigenvalue weighted by molar-refractivity contribution is 0.0691. The maximum atomic E-state index is 11.2. The molecule has 0 fully saturated rings. The van der Waals surface area contributed by atoms with Crippen LogP contribution in [0.25, 0.3) is 10.9 Å². The Morgan fingerprint density at radius 1 is 1.30 bits per heavy atom. The summed E-state index contributed by atoms with van der Waals surface area (Å²) in [6, 6.07) is 14.4. The second-order valence-corrected chi connectivity index (χ2v) is 4.91. The SMILES string of the molecule is COc1cccc(Nc2ccc(C#N)c3[nH]c(C(=O)O)cc23)c1. The number of carboxylic acid groups (broad SMARTS) is 1. The number of aromatic carboxylic acids is 1. The van der Waals surface area contributed by atoms with Crippen LogP contribution < -0.4 is 10.1 Å². The molecule has 6 nitrogen and oxygen atoms in total. The Labute approximate surface area is 131 Å². The molecule has 0 aliphatic rings. The summed E-state index contributed by atoms with van der Waals surface area (Å²) < 4.78 is 5.19. The van der Waals surface area contributed by atoms with E-state index in [4.69, 9.17) is 9.84 Å². The van der Waals surface area contributed by atoms with Crippen LogP contribution in [0.1, 0.15) is 16.1 Å². The van der Waals surface area contributed by atoms with E-state index in [0.717, 1.165) is 5.69 Å². The normalized spacial score (nSPS) is 10.3. The number of aromatic nitrogens is 1. The van der Waals surface area contributed by atoms with Crippen LogP contribution in [0.5, 0.6) is 5.75 Å². The molecule has 0 atom stereocenters. The Morgan fingerprint density at radius 3 is 2.83 bits per heavy atom. The summed E-state index contributed by atoms with van der Waals surface area (Å²) in [6.45, 7) is 0. The number of nitrogens with one attached hydrogen (secondary N) is 2. The van der Waals surface area contributed by atoms with E-state index in [1.54, 1.807) is 19.2 Å². The highest BCUT2D eigenvalue weighted by atomic mass is 16.5. The maximum Gasteiger partial charge on any atom is 0.352 e. The number of benzene rings is 2. The minimum absolute atomic E-state index is 0.0383. The average molecular weight is 307 g/mol. The lowest BCUT2D eigenvalue weighted by Crippen LogP contribution is -1.95. The molecule has 1 aromatic heterocycles. The van der Waals surface area contributed by atoms with E-state index in [-0.39, 0.29) is 5.69 Å². The zero-order valence-corrected chi connectivity index (χ0v) is 12.3. The van der Waals surface area contributed by atoms with E-state index in [0.29, 0.717) is 27.9 Å². The van der Waals surface area contributed by atoms with Crippen LogP contribution in [-0.2, 0) is 0 Å². The third-order valence-corrected chi connectivity index (χ3v) is 3.49. The number of carbonyl (C=O) groups is 1. The summed E-state index contributed by atoms with van der Waals surface area (Å²) >= 11 is 0. The molecule has 2 aromatic carbocycles. The maximum absolute atomic E-state index is 11.2. The van der Waals surface area contributed by atoms with Gasteiger partial charge in [0.05, 0.1) is 18.2 Å². The van der Waals surface area contributed by atoms with Crippen molar-refractivity contribution < 1.29 is 14.6 Å². The minimum Gasteiger partial charge on any atom is -0.497 e. The van der Waals surface area contributed by atoms with Crippen molar-refractivity contribution in [3.63, 3.8) is 0 Å². The van der Waals surface area contributed by atoms with E-state index >= 15 is 0 Å². The van der Waals surface area contributed by atoms with Gasteiger partial charge in [0.15, 0.2) is 0 Å². The van der Waals surface area contributed by atoms with Crippen molar-refractivity contribution >= 4 is 28.2 Å². The van der Waals surface area contributed by atoms with Gasteiger partial charge in [0, 0.05) is 22.8 Å². The van der Waals surface area contributed by atoms with E-state index < -0.39 is 5.97 Å². The number of aromatic amines is 1. The number of rotatable bonds is 4. The van der Waals surface area contributed by atoms with Gasteiger partial charge in [-0.25, -0.2) is 4.79 Å². The Kier molecular flexibility index (Phi) is 3.61. The van der Waals surface area contributed by atoms with Crippen LogP contribution in [0.3, 0.4) is 0 Å². The highest BCUT2D eigenvalue weighted by Gasteiger charge is 2.13. The first-order chi connectivity index (χ1) is 11.1. The second-order valence-electron chi connectivity index (χ2n) is 4.91. The summed E-state index contributed by atoms with van der Waals surface area (Å²) in [5.74, 6) is -0.363. The quantitative estimate of drug-likeness (QED) is 0.685. The lowest BCUT2D eigenvalue weighted by Gasteiger charge is -2.09. The van der Waals surface area contributed by atoms with Gasteiger partial charge >= 0.3 is 5.97 Å². The number of anilines is 2. The molecule has 0 amide bonds. The predicted octanol–water partition coefficient (Wildman–Crippen LogP) is 3.49. The van der Waals surface area contributed by atoms with Crippen LogP contribution in [-0.4, -0.2) is 23.2 Å². The van der Waals surface area contributed by atoms with E-state index in [1.165, 1.54) is 6.07 Å². The molecule has 0 spiro atoms. The number of hydrogen-bond acceptors (Lipinski definition) is 4. The second kappa shape index (κ2) is 5.73. The molecule has 3 aromatic rings. The molecule has 0 aliphatic carbocycles. The van der Waals surface area contributed by atoms with Crippen LogP contribution in [0.15, 0.2) is 42.5 Å². The molecule has 1 heterocycles. The van der Waals surface area contributed by atoms with Gasteiger partial charge in [0.25, 0.3) is 0 Å². The standard InChI is InChI=1S/C17H13N3O3/c1-23-12-4-2-3-11(7-12)19-14-6-5-10(9-18)16-13(14)8-15(20-16)17(21)22/h2-8,19-20H,1H3,(H,21,22). The molecular formula is C17H13N3O3. The van der Waals surface area contributed by atoms with Gasteiger partial charge < -0.3 is 20.1 Å². The molecule has 0 saturated carbocycles. The Bertz CT molecular complexity index is 938. The third-order valence-electron chi connectivity index (χ3n) is 3.49. The first kappa shape index (κ1) is 14.5. The number of carboxylic acids is 1. The van der Waals surface area contributed by atoms with Gasteiger partial charge in [-0.2, -0.15) is 5.26 Å². The molecule has 0 aliphatic heterocycles. The monoisotopic (exact) mass is 307 g/mol. The molecule has 6 heteroatoms. The van der Waals surface area contributed by atoms with Crippen LogP contribution in [0.2, 0.25) is 0 Å². The number of ether oxygens (including phenoxy) is 1. The van der Waals surface area contributed by atoms with Crippen molar-refractivity contribution in [1.82, 2.24) is 4.98 Å². The Morgan fingerprint density at radius 2 is 2.13 bits per heavy atom. The van der Waals surface area contributed by atoms with Crippen molar-refractivity contribution in [2.45, 2.75) is 0 Å². The van der Waals surface area contributed by atoms with Crippen molar-refractivity contribution in [3.05, 3.63) is 53.7 Å². The molecule has 0 bridgehead atoms. The van der Waals surface area contributed by atoms with E-state index in [1.807, 2.05) is 24.3 Å². The third kappa shape index (κ3) is 2.68. The highest BCUT2D eigenvalue weighted by Crippen LogP contribution is 2.30. The van der Waals surface area contributed by atoms with Gasteiger partial charge in [0.1, 0.15) is 17.5 Å². The molecule has 114 valence electrons. The van der Waals surface area contributed by atoms with E-state index in [9.17, 15) is 10.1 Å². The molecular weight excluding hydrogens is 294 g/mol. The van der Waals surface area contributed by atoms with Crippen molar-refractivity contribution in [1.29, 1.82) is 5.26 Å². The molecule has 23 heavy (non-hydrogen) atoms. The number of nitriles is 1. The van der Waals surface area contributed by atoms with Gasteiger partial charge in [-0.15, -0.1) is 0 Å². The molecule has 3 rings (SSSR count). The van der Waals surface area contributed by atoms with Gasteiger partial charge in [-0.3, -0.25) is 0 Å². The fourth-order valence-corrected chi connectivity index (χ4v) is 2.39. The molecule has 0 unspecified atom stereocenters. The summed E-state index contributed by atoms with van der Waals surface area (Å²) in [5, 5.41) is 22.2. The van der Waals surface area contributed by atoms with Gasteiger partial charge in [-0.05, 0) is 30.3 Å². The lowest BCUT2D eigenvalue weighted by atomic mass is 10.1. The largest absolute Gasteiger partial charge is 0.497 e. The number of nitrogens with zero attached hydrogens (tertiary/aromatic N) is 1. The van der Waals surface area contributed by atoms with E-state index in [2.05, 4.69) is 16.4 Å². The van der Waals surface area contributed by atoms with Crippen molar-refractivity contribution in [2.75, 3.05) is 12.4 Å². The smallest absolute Gasteiger partial charge is 0.352 e. The van der Waals surface area contributed by atoms with Crippen molar-refractivity contribution in [3.8, 4) is 11.8 Å². The first-order valence-corrected chi connectivity index (χ1v) is 6.82. The minimum atomic E-state index is -1.07. The fraction of sp³-hybridized carbons (Fsp3) is 0.0588. The number of fused-ring (bicyclic) bond motifs is 1. The summed E-state index contributed by atoms with van der Waals surface area (Å²) in [6.07, 6.45) is 0. The topological polar surface area (TPSA) is 98.1 Å². The Hall–Kier alpha value is -3.46. The average Bonchev–Trinajstić information content (AvgIpc) is 3.01. The molecule has 3 N–H and O–H groups in total. The first-order valence-electron chi connectivity index (χ1n) is 6.82. The summed E-state index contributed by atoms with van der Waals surface area (Å²) in [5.41, 5.74) is 2.43. The summed E-state index contributed by atoms with van der Waals surface area (Å²) in [4.78, 5) is 13.9. The van der Waals surface area contributed by atoms with Crippen molar-refractivity contribution in [2.24, 2.45) is 0 Å². The molecule has 0 radical (unpaired) electrons. The van der Waals surface area contributed by atoms with Gasteiger partial charge in [-0.1, -0.05) is 6.07 Å². The van der Waals surface area contributed by atoms with Gasteiger partial charge in [0.2, 0.25) is 0 Å². The molecule has 0 saturated heterocycles. The summed E-state index contributed by atoms with van der Waals surface area (Å²) in [7, 11) is 1.59. The Balaban J connectivity index is 2.10. The zero-order chi connectivity index (χ0) is 16.4. The zero-order valence-electron chi connectivity index (χ0n) is 12.3. The number of methoxy groups -OCH3 is 1. The fourth-order valence-electron chi connectivity index (χ4n) is 2.39.